The Balaban J connectivity index is 1.58. The van der Waals surface area contributed by atoms with Crippen molar-refractivity contribution in [3.8, 4) is 5.75 Å². The van der Waals surface area contributed by atoms with Gasteiger partial charge in [0.15, 0.2) is 0 Å². The van der Waals surface area contributed by atoms with Crippen LogP contribution < -0.4 is 10.1 Å². The summed E-state index contributed by atoms with van der Waals surface area (Å²) in [6.45, 7) is 1.10. The summed E-state index contributed by atoms with van der Waals surface area (Å²) in [7, 11) is 1.74. The zero-order valence-corrected chi connectivity index (χ0v) is 11.7. The Bertz CT molecular complexity index is 478. The molecule has 1 aromatic carbocycles. The van der Waals surface area contributed by atoms with Gasteiger partial charge in [0.1, 0.15) is 5.75 Å². The summed E-state index contributed by atoms with van der Waals surface area (Å²) in [5.74, 6) is 0.978. The number of rotatable bonds is 5. The number of fused-ring (bicyclic) bond motifs is 1. The molecule has 0 heterocycles. The number of allylic oxidation sites excluding steroid dienone is 1. The fourth-order valence-electron chi connectivity index (χ4n) is 3.29. The molecule has 0 fully saturated rings. The molecule has 0 saturated carbocycles. The van der Waals surface area contributed by atoms with E-state index in [0.29, 0.717) is 6.04 Å². The molecule has 1 aromatic rings. The Morgan fingerprint density at radius 2 is 2.26 bits per heavy atom. The molecule has 0 saturated heterocycles. The maximum atomic E-state index is 5.34. The molecule has 2 aliphatic carbocycles. The van der Waals surface area contributed by atoms with Gasteiger partial charge < -0.3 is 10.1 Å². The van der Waals surface area contributed by atoms with Crippen molar-refractivity contribution in [2.75, 3.05) is 13.7 Å². The summed E-state index contributed by atoms with van der Waals surface area (Å²) in [6, 6.07) is 7.02. The van der Waals surface area contributed by atoms with Crippen molar-refractivity contribution in [2.45, 2.75) is 44.6 Å². The number of aryl methyl sites for hydroxylation is 1. The highest BCUT2D eigenvalue weighted by Gasteiger charge is 2.22. The molecular weight excluding hydrogens is 234 g/mol. The van der Waals surface area contributed by atoms with Crippen LogP contribution in [0.2, 0.25) is 0 Å². The van der Waals surface area contributed by atoms with Crippen molar-refractivity contribution in [3.63, 3.8) is 0 Å². The van der Waals surface area contributed by atoms with Gasteiger partial charge in [0.05, 0.1) is 7.11 Å². The Labute approximate surface area is 115 Å². The SMILES string of the molecule is COc1ccc2c(c1)C(NCCC1=CCCC1)CC2. The van der Waals surface area contributed by atoms with Crippen LogP contribution in [0.4, 0.5) is 0 Å². The van der Waals surface area contributed by atoms with Crippen LogP contribution >= 0.6 is 0 Å². The summed E-state index contributed by atoms with van der Waals surface area (Å²) in [5.41, 5.74) is 4.58. The summed E-state index contributed by atoms with van der Waals surface area (Å²) in [4.78, 5) is 0. The van der Waals surface area contributed by atoms with Crippen LogP contribution in [0.5, 0.6) is 5.75 Å². The van der Waals surface area contributed by atoms with E-state index in [9.17, 15) is 0 Å². The molecule has 3 rings (SSSR count). The molecule has 0 bridgehead atoms. The van der Waals surface area contributed by atoms with E-state index in [1.165, 1.54) is 49.7 Å². The molecule has 19 heavy (non-hydrogen) atoms. The lowest BCUT2D eigenvalue weighted by molar-refractivity contribution is 0.413. The minimum Gasteiger partial charge on any atom is -0.497 e. The summed E-state index contributed by atoms with van der Waals surface area (Å²) < 4.78 is 5.34. The lowest BCUT2D eigenvalue weighted by Crippen LogP contribution is -2.20. The smallest absolute Gasteiger partial charge is 0.119 e. The van der Waals surface area contributed by atoms with Crippen molar-refractivity contribution in [1.29, 1.82) is 0 Å². The van der Waals surface area contributed by atoms with Crippen LogP contribution in [-0.4, -0.2) is 13.7 Å². The van der Waals surface area contributed by atoms with E-state index >= 15 is 0 Å². The van der Waals surface area contributed by atoms with Crippen LogP contribution in [0.1, 0.15) is 49.3 Å². The molecule has 1 atom stereocenters. The topological polar surface area (TPSA) is 21.3 Å². The second kappa shape index (κ2) is 5.79. The molecular formula is C17H23NO. The van der Waals surface area contributed by atoms with Gasteiger partial charge in [0.2, 0.25) is 0 Å². The van der Waals surface area contributed by atoms with Crippen LogP contribution in [0, 0.1) is 0 Å². The standard InChI is InChI=1S/C17H23NO/c1-19-15-8-6-14-7-9-17(16(14)12-15)18-11-10-13-4-2-3-5-13/h4,6,8,12,17-18H,2-3,5,7,9-11H2,1H3. The fourth-order valence-corrected chi connectivity index (χ4v) is 3.29. The van der Waals surface area contributed by atoms with Crippen LogP contribution in [0.3, 0.4) is 0 Å². The lowest BCUT2D eigenvalue weighted by Gasteiger charge is -2.15. The monoisotopic (exact) mass is 257 g/mol. The van der Waals surface area contributed by atoms with E-state index in [2.05, 4.69) is 29.6 Å². The van der Waals surface area contributed by atoms with Crippen LogP contribution in [-0.2, 0) is 6.42 Å². The predicted octanol–water partition coefficient (Wildman–Crippen LogP) is 3.77. The molecule has 1 N–H and O–H groups in total. The number of nitrogens with one attached hydrogen (secondary N) is 1. The second-order valence-electron chi connectivity index (χ2n) is 5.61. The van der Waals surface area contributed by atoms with Crippen molar-refractivity contribution in [1.82, 2.24) is 5.32 Å². The van der Waals surface area contributed by atoms with Gasteiger partial charge in [-0.25, -0.2) is 0 Å². The van der Waals surface area contributed by atoms with Crippen molar-refractivity contribution in [3.05, 3.63) is 41.0 Å². The second-order valence-corrected chi connectivity index (χ2v) is 5.61. The van der Waals surface area contributed by atoms with Crippen molar-refractivity contribution in [2.24, 2.45) is 0 Å². The molecule has 0 aliphatic heterocycles. The Morgan fingerprint density at radius 1 is 1.32 bits per heavy atom. The maximum Gasteiger partial charge on any atom is 0.119 e. The maximum absolute atomic E-state index is 5.34. The highest BCUT2D eigenvalue weighted by atomic mass is 16.5. The van der Waals surface area contributed by atoms with Gasteiger partial charge in [0, 0.05) is 6.04 Å². The van der Waals surface area contributed by atoms with E-state index < -0.39 is 0 Å². The average Bonchev–Trinajstić information content (AvgIpc) is 3.08. The van der Waals surface area contributed by atoms with E-state index in [0.717, 1.165) is 12.3 Å². The van der Waals surface area contributed by atoms with Gasteiger partial charge in [-0.3, -0.25) is 0 Å². The number of benzene rings is 1. The van der Waals surface area contributed by atoms with Crippen LogP contribution in [0.15, 0.2) is 29.8 Å². The molecule has 1 unspecified atom stereocenters. The fraction of sp³-hybridized carbons (Fsp3) is 0.529. The third-order valence-corrected chi connectivity index (χ3v) is 4.40. The van der Waals surface area contributed by atoms with E-state index in [4.69, 9.17) is 4.74 Å². The van der Waals surface area contributed by atoms with Gasteiger partial charge in [-0.2, -0.15) is 0 Å². The Hall–Kier alpha value is -1.28. The normalized spacial score (nSPS) is 21.3. The Kier molecular flexibility index (Phi) is 3.88. The van der Waals surface area contributed by atoms with Gasteiger partial charge >= 0.3 is 0 Å². The summed E-state index contributed by atoms with van der Waals surface area (Å²) in [5, 5.41) is 3.72. The molecule has 0 spiro atoms. The van der Waals surface area contributed by atoms with Gasteiger partial charge in [0.25, 0.3) is 0 Å². The van der Waals surface area contributed by atoms with Crippen molar-refractivity contribution >= 4 is 0 Å². The zero-order chi connectivity index (χ0) is 13.1. The van der Waals surface area contributed by atoms with Gasteiger partial charge in [-0.15, -0.1) is 0 Å². The molecule has 102 valence electrons. The highest BCUT2D eigenvalue weighted by Crippen LogP contribution is 2.33. The Morgan fingerprint density at radius 3 is 3.05 bits per heavy atom. The van der Waals surface area contributed by atoms with E-state index in [1.54, 1.807) is 12.7 Å². The molecule has 2 aliphatic rings. The number of ether oxygens (including phenoxy) is 1. The van der Waals surface area contributed by atoms with Gasteiger partial charge in [-0.1, -0.05) is 17.7 Å². The lowest BCUT2D eigenvalue weighted by atomic mass is 10.1. The first-order valence-electron chi connectivity index (χ1n) is 7.45. The molecule has 2 nitrogen and oxygen atoms in total. The third-order valence-electron chi connectivity index (χ3n) is 4.40. The van der Waals surface area contributed by atoms with Gasteiger partial charge in [-0.05, 0) is 68.3 Å². The first-order chi connectivity index (χ1) is 9.36. The molecule has 0 aromatic heterocycles. The summed E-state index contributed by atoms with van der Waals surface area (Å²) in [6.07, 6.45) is 10.0. The first-order valence-corrected chi connectivity index (χ1v) is 7.45. The zero-order valence-electron chi connectivity index (χ0n) is 11.7. The predicted molar refractivity (Wildman–Crippen MR) is 78.6 cm³/mol. The average molecular weight is 257 g/mol. The largest absolute Gasteiger partial charge is 0.497 e. The van der Waals surface area contributed by atoms with E-state index in [1.807, 2.05) is 0 Å². The minimum atomic E-state index is 0.520. The van der Waals surface area contributed by atoms with Crippen molar-refractivity contribution < 1.29 is 4.74 Å². The molecule has 0 amide bonds. The number of methoxy groups -OCH3 is 1. The molecule has 0 radical (unpaired) electrons. The highest BCUT2D eigenvalue weighted by molar-refractivity contribution is 5.40. The minimum absolute atomic E-state index is 0.520. The quantitative estimate of drug-likeness (QED) is 0.811. The number of hydrogen-bond donors (Lipinski definition) is 1. The van der Waals surface area contributed by atoms with E-state index in [-0.39, 0.29) is 0 Å². The number of hydrogen-bond acceptors (Lipinski definition) is 2. The van der Waals surface area contributed by atoms with Crippen LogP contribution in [0.25, 0.3) is 0 Å². The first kappa shape index (κ1) is 12.7. The summed E-state index contributed by atoms with van der Waals surface area (Å²) >= 11 is 0. The third kappa shape index (κ3) is 2.84. The molecule has 2 heteroatoms.